The van der Waals surface area contributed by atoms with Gasteiger partial charge in [-0.05, 0) is 48.4 Å². The molecule has 0 aromatic heterocycles. The molecule has 1 saturated heterocycles. The minimum absolute atomic E-state index is 0.122. The average molecular weight is 386 g/mol. The molecule has 29 heavy (non-hydrogen) atoms. The van der Waals surface area contributed by atoms with E-state index in [1.807, 2.05) is 60.7 Å². The molecule has 4 rings (SSSR count). The molecule has 5 heteroatoms. The van der Waals surface area contributed by atoms with Crippen LogP contribution < -0.4 is 15.0 Å². The van der Waals surface area contributed by atoms with Crippen molar-refractivity contribution in [1.29, 1.82) is 0 Å². The number of hydrogen-bond acceptors (Lipinski definition) is 3. The Morgan fingerprint density at radius 2 is 1.79 bits per heavy atom. The molecule has 2 amide bonds. The molecule has 0 aliphatic carbocycles. The van der Waals surface area contributed by atoms with Gasteiger partial charge >= 0.3 is 0 Å². The summed E-state index contributed by atoms with van der Waals surface area (Å²) in [5, 5.41) is 2.91. The molecule has 3 aromatic carbocycles. The second-order valence-corrected chi connectivity index (χ2v) is 6.96. The number of carbonyl (C=O) groups excluding carboxylic acids is 2. The predicted octanol–water partition coefficient (Wildman–Crippen LogP) is 4.64. The first-order valence-corrected chi connectivity index (χ1v) is 9.68. The molecule has 0 radical (unpaired) electrons. The van der Waals surface area contributed by atoms with Crippen LogP contribution in [0.2, 0.25) is 0 Å². The zero-order valence-corrected chi connectivity index (χ0v) is 16.0. The summed E-state index contributed by atoms with van der Waals surface area (Å²) in [5.41, 5.74) is 3.04. The van der Waals surface area contributed by atoms with Gasteiger partial charge < -0.3 is 15.0 Å². The van der Waals surface area contributed by atoms with E-state index in [-0.39, 0.29) is 11.8 Å². The normalized spacial score (nSPS) is 13.4. The number of carbonyl (C=O) groups is 2. The number of amides is 2. The monoisotopic (exact) mass is 386 g/mol. The number of ether oxygens (including phenoxy) is 1. The summed E-state index contributed by atoms with van der Waals surface area (Å²) >= 11 is 0. The molecule has 3 aromatic rings. The molecule has 0 atom stereocenters. The van der Waals surface area contributed by atoms with Crippen LogP contribution >= 0.6 is 0 Å². The summed E-state index contributed by atoms with van der Waals surface area (Å²) in [4.78, 5) is 26.4. The molecule has 1 fully saturated rings. The second-order valence-electron chi connectivity index (χ2n) is 6.96. The van der Waals surface area contributed by atoms with E-state index in [9.17, 15) is 9.59 Å². The van der Waals surface area contributed by atoms with Gasteiger partial charge in [0.2, 0.25) is 5.91 Å². The van der Waals surface area contributed by atoms with Crippen LogP contribution in [0.3, 0.4) is 0 Å². The van der Waals surface area contributed by atoms with Gasteiger partial charge in [-0.15, -0.1) is 0 Å². The van der Waals surface area contributed by atoms with Crippen molar-refractivity contribution in [3.63, 3.8) is 0 Å². The Bertz CT molecular complexity index is 1020. The van der Waals surface area contributed by atoms with Crippen LogP contribution in [0.25, 0.3) is 0 Å². The molecule has 146 valence electrons. The largest absolute Gasteiger partial charge is 0.489 e. The average Bonchev–Trinajstić information content (AvgIpc) is 3.19. The zero-order valence-electron chi connectivity index (χ0n) is 16.0. The maximum Gasteiger partial charge on any atom is 0.255 e. The van der Waals surface area contributed by atoms with Gasteiger partial charge in [-0.3, -0.25) is 9.59 Å². The topological polar surface area (TPSA) is 58.6 Å². The van der Waals surface area contributed by atoms with Crippen LogP contribution in [0.1, 0.15) is 28.8 Å². The third-order valence-corrected chi connectivity index (χ3v) is 4.83. The number of nitrogens with one attached hydrogen (secondary N) is 1. The van der Waals surface area contributed by atoms with Crippen LogP contribution in [-0.2, 0) is 11.4 Å². The van der Waals surface area contributed by atoms with Crippen molar-refractivity contribution in [2.24, 2.45) is 0 Å². The lowest BCUT2D eigenvalue weighted by atomic mass is 10.2. The molecule has 1 N–H and O–H groups in total. The third-order valence-electron chi connectivity index (χ3n) is 4.83. The van der Waals surface area contributed by atoms with E-state index in [2.05, 4.69) is 5.32 Å². The van der Waals surface area contributed by atoms with Crippen molar-refractivity contribution < 1.29 is 14.3 Å². The van der Waals surface area contributed by atoms with E-state index in [0.29, 0.717) is 30.0 Å². The lowest BCUT2D eigenvalue weighted by Gasteiger charge is -2.17. The Morgan fingerprint density at radius 1 is 0.966 bits per heavy atom. The van der Waals surface area contributed by atoms with Gasteiger partial charge in [0.1, 0.15) is 12.4 Å². The minimum atomic E-state index is -0.222. The minimum Gasteiger partial charge on any atom is -0.489 e. The maximum absolute atomic E-state index is 12.7. The van der Waals surface area contributed by atoms with Crippen molar-refractivity contribution in [1.82, 2.24) is 0 Å². The number of anilines is 2. The van der Waals surface area contributed by atoms with Crippen LogP contribution in [0.4, 0.5) is 11.4 Å². The van der Waals surface area contributed by atoms with Crippen molar-refractivity contribution in [3.8, 4) is 5.75 Å². The predicted molar refractivity (Wildman–Crippen MR) is 113 cm³/mol. The Morgan fingerprint density at radius 3 is 2.59 bits per heavy atom. The molecular formula is C24H22N2O3. The first kappa shape index (κ1) is 18.7. The Labute approximate surface area is 169 Å². The van der Waals surface area contributed by atoms with Crippen LogP contribution in [0.15, 0.2) is 78.9 Å². The molecule has 0 unspecified atom stereocenters. The molecular weight excluding hydrogens is 364 g/mol. The Balaban J connectivity index is 1.43. The lowest BCUT2D eigenvalue weighted by molar-refractivity contribution is -0.117. The fourth-order valence-corrected chi connectivity index (χ4v) is 3.34. The van der Waals surface area contributed by atoms with E-state index in [0.717, 1.165) is 24.2 Å². The van der Waals surface area contributed by atoms with Gasteiger partial charge in [0.05, 0.1) is 0 Å². The van der Waals surface area contributed by atoms with E-state index >= 15 is 0 Å². The van der Waals surface area contributed by atoms with Crippen molar-refractivity contribution in [3.05, 3.63) is 90.0 Å². The zero-order chi connectivity index (χ0) is 20.1. The molecule has 0 bridgehead atoms. The van der Waals surface area contributed by atoms with Gasteiger partial charge in [-0.2, -0.15) is 0 Å². The number of nitrogens with zero attached hydrogens (tertiary/aromatic N) is 1. The lowest BCUT2D eigenvalue weighted by Crippen LogP contribution is -2.23. The number of hydrogen-bond donors (Lipinski definition) is 1. The van der Waals surface area contributed by atoms with E-state index < -0.39 is 0 Å². The standard InChI is InChI=1S/C24H22N2O3/c27-23-13-6-14-26(23)21-11-5-10-20(16-21)25-24(28)19-9-4-12-22(15-19)29-17-18-7-2-1-3-8-18/h1-5,7-12,15-16H,6,13-14,17H2,(H,25,28). The van der Waals surface area contributed by atoms with Gasteiger partial charge in [0, 0.05) is 29.9 Å². The number of rotatable bonds is 6. The van der Waals surface area contributed by atoms with Crippen LogP contribution in [-0.4, -0.2) is 18.4 Å². The molecule has 1 aliphatic heterocycles. The van der Waals surface area contributed by atoms with Gasteiger partial charge in [0.25, 0.3) is 5.91 Å². The first-order valence-electron chi connectivity index (χ1n) is 9.68. The van der Waals surface area contributed by atoms with E-state index in [1.54, 1.807) is 23.1 Å². The SMILES string of the molecule is O=C(Nc1cccc(N2CCCC2=O)c1)c1cccc(OCc2ccccc2)c1. The van der Waals surface area contributed by atoms with Gasteiger partial charge in [-0.1, -0.05) is 42.5 Å². The van der Waals surface area contributed by atoms with Crippen LogP contribution in [0, 0.1) is 0 Å². The summed E-state index contributed by atoms with van der Waals surface area (Å²) in [6, 6.07) is 24.4. The summed E-state index contributed by atoms with van der Waals surface area (Å²) < 4.78 is 5.81. The summed E-state index contributed by atoms with van der Waals surface area (Å²) in [7, 11) is 0. The summed E-state index contributed by atoms with van der Waals surface area (Å²) in [5.74, 6) is 0.537. The van der Waals surface area contributed by atoms with Gasteiger partial charge in [0.15, 0.2) is 0 Å². The Kier molecular flexibility index (Phi) is 5.56. The van der Waals surface area contributed by atoms with E-state index in [1.165, 1.54) is 0 Å². The highest BCUT2D eigenvalue weighted by molar-refractivity contribution is 6.05. The molecule has 1 aliphatic rings. The quantitative estimate of drug-likeness (QED) is 0.671. The summed E-state index contributed by atoms with van der Waals surface area (Å²) in [6.45, 7) is 1.16. The van der Waals surface area contributed by atoms with Gasteiger partial charge in [-0.25, -0.2) is 0 Å². The van der Waals surface area contributed by atoms with Crippen molar-refractivity contribution in [2.45, 2.75) is 19.4 Å². The van der Waals surface area contributed by atoms with Crippen molar-refractivity contribution >= 4 is 23.2 Å². The third kappa shape index (κ3) is 4.63. The van der Waals surface area contributed by atoms with Crippen molar-refractivity contribution in [2.75, 3.05) is 16.8 Å². The highest BCUT2D eigenvalue weighted by Gasteiger charge is 2.21. The molecule has 5 nitrogen and oxygen atoms in total. The fourth-order valence-electron chi connectivity index (χ4n) is 3.34. The smallest absolute Gasteiger partial charge is 0.255 e. The number of benzene rings is 3. The summed E-state index contributed by atoms with van der Waals surface area (Å²) in [6.07, 6.45) is 1.44. The first-order chi connectivity index (χ1) is 14.2. The molecule has 1 heterocycles. The molecule has 0 spiro atoms. The highest BCUT2D eigenvalue weighted by atomic mass is 16.5. The van der Waals surface area contributed by atoms with E-state index in [4.69, 9.17) is 4.74 Å². The highest BCUT2D eigenvalue weighted by Crippen LogP contribution is 2.25. The Hall–Kier alpha value is -3.60. The fraction of sp³-hybridized carbons (Fsp3) is 0.167. The van der Waals surface area contributed by atoms with Crippen LogP contribution in [0.5, 0.6) is 5.75 Å². The maximum atomic E-state index is 12.7. The second kappa shape index (κ2) is 8.61. The molecule has 0 saturated carbocycles.